The van der Waals surface area contributed by atoms with Crippen molar-refractivity contribution in [2.75, 3.05) is 7.05 Å². The molecule has 0 aliphatic carbocycles. The Morgan fingerprint density at radius 2 is 1.83 bits per heavy atom. The molecule has 0 spiro atoms. The van der Waals surface area contributed by atoms with Crippen LogP contribution >= 0.6 is 23.8 Å². The Labute approximate surface area is 146 Å². The highest BCUT2D eigenvalue weighted by Gasteiger charge is 2.07. The molecule has 2 aromatic carbocycles. The van der Waals surface area contributed by atoms with E-state index in [-0.39, 0.29) is 5.91 Å². The third-order valence-corrected chi connectivity index (χ3v) is 3.80. The second-order valence-electron chi connectivity index (χ2n) is 5.02. The van der Waals surface area contributed by atoms with E-state index in [0.717, 1.165) is 11.1 Å². The van der Waals surface area contributed by atoms with Crippen LogP contribution in [0.3, 0.4) is 0 Å². The van der Waals surface area contributed by atoms with Gasteiger partial charge in [0, 0.05) is 24.7 Å². The Bertz CT molecular complexity index is 699. The van der Waals surface area contributed by atoms with Crippen LogP contribution in [-0.2, 0) is 11.3 Å². The smallest absolute Gasteiger partial charge is 0.250 e. The molecule has 0 fully saturated rings. The maximum atomic E-state index is 11.9. The van der Waals surface area contributed by atoms with E-state index in [4.69, 9.17) is 23.8 Å². The molecule has 0 atom stereocenters. The fourth-order valence-corrected chi connectivity index (χ4v) is 2.21. The summed E-state index contributed by atoms with van der Waals surface area (Å²) < 4.78 is 0. The minimum absolute atomic E-state index is 0.259. The van der Waals surface area contributed by atoms with E-state index in [2.05, 4.69) is 5.32 Å². The second kappa shape index (κ2) is 8.46. The molecule has 1 N–H and O–H groups in total. The average molecular weight is 345 g/mol. The first kappa shape index (κ1) is 17.2. The molecule has 0 radical (unpaired) electrons. The quantitative estimate of drug-likeness (QED) is 0.674. The van der Waals surface area contributed by atoms with Crippen molar-refractivity contribution in [3.63, 3.8) is 0 Å². The van der Waals surface area contributed by atoms with E-state index >= 15 is 0 Å². The Balaban J connectivity index is 1.86. The average Bonchev–Trinajstić information content (AvgIpc) is 2.55. The number of nitrogens with zero attached hydrogens (tertiary/aromatic N) is 1. The summed E-state index contributed by atoms with van der Waals surface area (Å²) in [5, 5.41) is 3.74. The number of carbonyl (C=O) groups excluding carboxylic acids is 1. The van der Waals surface area contributed by atoms with Crippen molar-refractivity contribution >= 4 is 40.9 Å². The van der Waals surface area contributed by atoms with Crippen LogP contribution in [0.1, 0.15) is 11.1 Å². The first-order valence-electron chi connectivity index (χ1n) is 7.08. The van der Waals surface area contributed by atoms with E-state index in [1.807, 2.05) is 54.4 Å². The zero-order valence-corrected chi connectivity index (χ0v) is 14.3. The Hall–Kier alpha value is -2.17. The predicted molar refractivity (Wildman–Crippen MR) is 99.1 cm³/mol. The molecule has 118 valence electrons. The number of amides is 1. The normalized spacial score (nSPS) is 10.5. The Morgan fingerprint density at radius 3 is 2.48 bits per heavy atom. The number of halogens is 1. The summed E-state index contributed by atoms with van der Waals surface area (Å²) in [4.78, 5) is 13.7. The summed E-state index contributed by atoms with van der Waals surface area (Å²) >= 11 is 11.1. The molecule has 3 nitrogen and oxygen atoms in total. The maximum Gasteiger partial charge on any atom is 0.250 e. The van der Waals surface area contributed by atoms with Crippen molar-refractivity contribution in [1.29, 1.82) is 0 Å². The number of thiocarbonyl (C=S) groups is 1. The van der Waals surface area contributed by atoms with Crippen molar-refractivity contribution in [3.05, 3.63) is 76.8 Å². The van der Waals surface area contributed by atoms with E-state index in [0.29, 0.717) is 16.7 Å². The molecule has 0 saturated carbocycles. The number of rotatable bonds is 4. The zero-order chi connectivity index (χ0) is 16.7. The lowest BCUT2D eigenvalue weighted by molar-refractivity contribution is -0.115. The molecule has 0 aromatic heterocycles. The third-order valence-electron chi connectivity index (χ3n) is 3.14. The highest BCUT2D eigenvalue weighted by molar-refractivity contribution is 7.80. The van der Waals surface area contributed by atoms with Crippen LogP contribution in [0.4, 0.5) is 0 Å². The molecule has 5 heteroatoms. The molecule has 0 saturated heterocycles. The second-order valence-corrected chi connectivity index (χ2v) is 5.84. The van der Waals surface area contributed by atoms with Crippen molar-refractivity contribution in [2.24, 2.45) is 0 Å². The summed E-state index contributed by atoms with van der Waals surface area (Å²) in [6.45, 7) is 0.640. The number of hydrogen-bond acceptors (Lipinski definition) is 2. The van der Waals surface area contributed by atoms with Crippen LogP contribution in [-0.4, -0.2) is 23.0 Å². The molecule has 0 bridgehead atoms. The summed E-state index contributed by atoms with van der Waals surface area (Å²) in [6, 6.07) is 17.2. The molecule has 2 rings (SSSR count). The molecule has 2 aromatic rings. The molecule has 0 unspecified atom stereocenters. The SMILES string of the molecule is CN(Cc1ccccc1)C(=S)NC(=O)/C=C/c1ccc(Cl)cc1. The first-order chi connectivity index (χ1) is 11.0. The van der Waals surface area contributed by atoms with E-state index in [1.165, 1.54) is 6.08 Å². The van der Waals surface area contributed by atoms with Crippen molar-refractivity contribution in [3.8, 4) is 0 Å². The summed E-state index contributed by atoms with van der Waals surface area (Å²) in [5.74, 6) is -0.259. The molecule has 0 aliphatic rings. The summed E-state index contributed by atoms with van der Waals surface area (Å²) in [7, 11) is 1.85. The van der Waals surface area contributed by atoms with Crippen LogP contribution < -0.4 is 5.32 Å². The van der Waals surface area contributed by atoms with Crippen LogP contribution in [0.25, 0.3) is 6.08 Å². The van der Waals surface area contributed by atoms with Crippen LogP contribution in [0, 0.1) is 0 Å². The number of carbonyl (C=O) groups is 1. The molecular formula is C18H17ClN2OS. The van der Waals surface area contributed by atoms with Crippen LogP contribution in [0.2, 0.25) is 5.02 Å². The van der Waals surface area contributed by atoms with Gasteiger partial charge in [-0.2, -0.15) is 0 Å². The van der Waals surface area contributed by atoms with Gasteiger partial charge in [-0.1, -0.05) is 54.1 Å². The Morgan fingerprint density at radius 1 is 1.17 bits per heavy atom. The molecule has 1 amide bonds. The van der Waals surface area contributed by atoms with Gasteiger partial charge in [0.25, 0.3) is 0 Å². The van der Waals surface area contributed by atoms with Gasteiger partial charge in [0.1, 0.15) is 0 Å². The molecule has 23 heavy (non-hydrogen) atoms. The lowest BCUT2D eigenvalue weighted by Gasteiger charge is -2.19. The largest absolute Gasteiger partial charge is 0.348 e. The summed E-state index contributed by atoms with van der Waals surface area (Å²) in [5.41, 5.74) is 2.02. The molecular weight excluding hydrogens is 328 g/mol. The van der Waals surface area contributed by atoms with Gasteiger partial charge in [0.05, 0.1) is 0 Å². The summed E-state index contributed by atoms with van der Waals surface area (Å²) in [6.07, 6.45) is 3.16. The van der Waals surface area contributed by atoms with Crippen molar-refractivity contribution in [2.45, 2.75) is 6.54 Å². The van der Waals surface area contributed by atoms with Crippen molar-refractivity contribution in [1.82, 2.24) is 10.2 Å². The third kappa shape index (κ3) is 5.85. The van der Waals surface area contributed by atoms with E-state index in [9.17, 15) is 4.79 Å². The highest BCUT2D eigenvalue weighted by atomic mass is 35.5. The first-order valence-corrected chi connectivity index (χ1v) is 7.87. The van der Waals surface area contributed by atoms with Gasteiger partial charge in [0.2, 0.25) is 5.91 Å². The van der Waals surface area contributed by atoms with Gasteiger partial charge in [-0.15, -0.1) is 0 Å². The van der Waals surface area contributed by atoms with Crippen LogP contribution in [0.5, 0.6) is 0 Å². The minimum atomic E-state index is -0.259. The molecule has 0 aliphatic heterocycles. The number of nitrogens with one attached hydrogen (secondary N) is 1. The fourth-order valence-electron chi connectivity index (χ4n) is 1.92. The van der Waals surface area contributed by atoms with Crippen LogP contribution in [0.15, 0.2) is 60.7 Å². The van der Waals surface area contributed by atoms with E-state index in [1.54, 1.807) is 18.2 Å². The highest BCUT2D eigenvalue weighted by Crippen LogP contribution is 2.10. The molecule has 0 heterocycles. The number of benzene rings is 2. The fraction of sp³-hybridized carbons (Fsp3) is 0.111. The topological polar surface area (TPSA) is 32.3 Å². The van der Waals surface area contributed by atoms with E-state index < -0.39 is 0 Å². The maximum absolute atomic E-state index is 11.9. The van der Waals surface area contributed by atoms with Gasteiger partial charge in [-0.3, -0.25) is 10.1 Å². The van der Waals surface area contributed by atoms with Gasteiger partial charge >= 0.3 is 0 Å². The predicted octanol–water partition coefficient (Wildman–Crippen LogP) is 3.89. The zero-order valence-electron chi connectivity index (χ0n) is 12.7. The lowest BCUT2D eigenvalue weighted by Crippen LogP contribution is -2.39. The monoisotopic (exact) mass is 344 g/mol. The Kier molecular flexibility index (Phi) is 6.32. The van der Waals surface area contributed by atoms with Gasteiger partial charge in [-0.05, 0) is 41.6 Å². The minimum Gasteiger partial charge on any atom is -0.348 e. The lowest BCUT2D eigenvalue weighted by atomic mass is 10.2. The number of hydrogen-bond donors (Lipinski definition) is 1. The van der Waals surface area contributed by atoms with Gasteiger partial charge in [-0.25, -0.2) is 0 Å². The van der Waals surface area contributed by atoms with Gasteiger partial charge < -0.3 is 4.90 Å². The van der Waals surface area contributed by atoms with Crippen molar-refractivity contribution < 1.29 is 4.79 Å². The standard InChI is InChI=1S/C18H17ClN2OS/c1-21(13-15-5-3-2-4-6-15)18(23)20-17(22)12-9-14-7-10-16(19)11-8-14/h2-12H,13H2,1H3,(H,20,22,23)/b12-9+. The van der Waals surface area contributed by atoms with Gasteiger partial charge in [0.15, 0.2) is 5.11 Å².